The number of hydrogen-bond acceptors (Lipinski definition) is 3. The number of Topliss-reactive ketones (excluding diaryl/α,β-unsaturated/α-hetero) is 1. The van der Waals surface area contributed by atoms with Crippen LogP contribution in [0.1, 0.15) is 15.9 Å². The highest BCUT2D eigenvalue weighted by atomic mass is 32.2. The Morgan fingerprint density at radius 3 is 2.72 bits per heavy atom. The van der Waals surface area contributed by atoms with Crippen LogP contribution < -0.4 is 5.32 Å². The summed E-state index contributed by atoms with van der Waals surface area (Å²) in [4.78, 5) is 12.4. The Hall–Kier alpha value is -1.43. The first-order valence-corrected chi connectivity index (χ1v) is 6.25. The third-order valence-electron chi connectivity index (χ3n) is 2.41. The molecule has 0 radical (unpaired) electrons. The van der Waals surface area contributed by atoms with E-state index < -0.39 is 11.7 Å². The predicted molar refractivity (Wildman–Crippen MR) is 64.3 cm³/mol. The van der Waals surface area contributed by atoms with Gasteiger partial charge in [0.1, 0.15) is 0 Å². The first-order chi connectivity index (χ1) is 8.48. The van der Waals surface area contributed by atoms with Crippen molar-refractivity contribution in [3.05, 3.63) is 46.5 Å². The van der Waals surface area contributed by atoms with Gasteiger partial charge in [-0.1, -0.05) is 12.1 Å². The van der Waals surface area contributed by atoms with Crippen molar-refractivity contribution in [3.8, 4) is 0 Å². The second-order valence-corrected chi connectivity index (χ2v) is 4.86. The molecule has 0 aliphatic carbocycles. The van der Waals surface area contributed by atoms with E-state index in [1.165, 1.54) is 23.9 Å². The summed E-state index contributed by atoms with van der Waals surface area (Å²) in [5.74, 6) is 0.356. The van der Waals surface area contributed by atoms with Crippen LogP contribution in [0.2, 0.25) is 0 Å². The van der Waals surface area contributed by atoms with Crippen molar-refractivity contribution in [2.45, 2.75) is 6.18 Å². The summed E-state index contributed by atoms with van der Waals surface area (Å²) in [7, 11) is 0. The van der Waals surface area contributed by atoms with Crippen LogP contribution in [-0.4, -0.2) is 18.1 Å². The Kier molecular flexibility index (Phi) is 3.65. The Morgan fingerprint density at radius 2 is 2.11 bits per heavy atom. The summed E-state index contributed by atoms with van der Waals surface area (Å²) in [5.41, 5.74) is -0.741. The molecule has 0 saturated carbocycles. The van der Waals surface area contributed by atoms with E-state index in [9.17, 15) is 18.0 Å². The molecule has 1 aliphatic rings. The van der Waals surface area contributed by atoms with E-state index in [1.54, 1.807) is 6.20 Å². The highest BCUT2D eigenvalue weighted by Crippen LogP contribution is 2.31. The van der Waals surface area contributed by atoms with Crippen molar-refractivity contribution < 1.29 is 18.0 Å². The third kappa shape index (κ3) is 2.87. The molecular formula is C12H10F3NOS. The van der Waals surface area contributed by atoms with E-state index in [1.807, 2.05) is 0 Å². The molecule has 0 bridgehead atoms. The third-order valence-corrected chi connectivity index (χ3v) is 3.44. The van der Waals surface area contributed by atoms with Crippen LogP contribution in [-0.2, 0) is 6.18 Å². The van der Waals surface area contributed by atoms with Gasteiger partial charge in [0, 0.05) is 24.1 Å². The average molecular weight is 273 g/mol. The van der Waals surface area contributed by atoms with Gasteiger partial charge in [-0.25, -0.2) is 0 Å². The second kappa shape index (κ2) is 5.06. The molecule has 1 heterocycles. The lowest BCUT2D eigenvalue weighted by Crippen LogP contribution is -2.18. The molecule has 0 saturated heterocycles. The Labute approximate surface area is 106 Å². The van der Waals surface area contributed by atoms with Gasteiger partial charge in [-0.15, -0.1) is 11.8 Å². The number of carbonyl (C=O) groups excluding carboxylic acids is 1. The number of nitrogens with one attached hydrogen (secondary N) is 1. The molecule has 0 atom stereocenters. The minimum atomic E-state index is -4.43. The Morgan fingerprint density at radius 1 is 1.33 bits per heavy atom. The van der Waals surface area contributed by atoms with Crippen LogP contribution in [0.4, 0.5) is 13.2 Å². The van der Waals surface area contributed by atoms with E-state index in [0.29, 0.717) is 4.91 Å². The lowest BCUT2D eigenvalue weighted by atomic mass is 10.1. The number of carbonyl (C=O) groups is 1. The molecule has 1 aliphatic heterocycles. The molecule has 0 spiro atoms. The van der Waals surface area contributed by atoms with Crippen LogP contribution in [0.15, 0.2) is 35.4 Å². The summed E-state index contributed by atoms with van der Waals surface area (Å²) < 4.78 is 37.6. The van der Waals surface area contributed by atoms with E-state index in [0.717, 1.165) is 24.4 Å². The number of thioether (sulfide) groups is 1. The first kappa shape index (κ1) is 13.0. The van der Waals surface area contributed by atoms with Gasteiger partial charge in [-0.2, -0.15) is 13.2 Å². The van der Waals surface area contributed by atoms with Crippen molar-refractivity contribution in [2.75, 3.05) is 12.3 Å². The number of ketones is 1. The van der Waals surface area contributed by atoms with Gasteiger partial charge in [0.25, 0.3) is 0 Å². The summed E-state index contributed by atoms with van der Waals surface area (Å²) in [6.45, 7) is 0.754. The van der Waals surface area contributed by atoms with Crippen molar-refractivity contribution in [2.24, 2.45) is 0 Å². The zero-order chi connectivity index (χ0) is 13.2. The maximum atomic E-state index is 12.5. The van der Waals surface area contributed by atoms with E-state index in [2.05, 4.69) is 5.32 Å². The molecule has 2 nitrogen and oxygen atoms in total. The smallest absolute Gasteiger partial charge is 0.389 e. The van der Waals surface area contributed by atoms with Gasteiger partial charge in [-0.05, 0) is 12.1 Å². The number of benzene rings is 1. The van der Waals surface area contributed by atoms with Crippen LogP contribution in [0.25, 0.3) is 0 Å². The molecule has 96 valence electrons. The van der Waals surface area contributed by atoms with Gasteiger partial charge in [-0.3, -0.25) is 4.79 Å². The minimum Gasteiger partial charge on any atom is -0.389 e. The first-order valence-electron chi connectivity index (χ1n) is 5.27. The molecule has 2 rings (SSSR count). The summed E-state index contributed by atoms with van der Waals surface area (Å²) in [6, 6.07) is 4.49. The maximum Gasteiger partial charge on any atom is 0.416 e. The van der Waals surface area contributed by atoms with Crippen LogP contribution >= 0.6 is 11.8 Å². The molecule has 1 aromatic carbocycles. The predicted octanol–water partition coefficient (Wildman–Crippen LogP) is 3.07. The molecule has 0 aromatic heterocycles. The fourth-order valence-electron chi connectivity index (χ4n) is 1.54. The number of hydrogen-bond donors (Lipinski definition) is 1. The minimum absolute atomic E-state index is 0.0623. The van der Waals surface area contributed by atoms with Crippen LogP contribution in [0.3, 0.4) is 0 Å². The lowest BCUT2D eigenvalue weighted by Gasteiger charge is -2.13. The Balaban J connectivity index is 2.28. The fourth-order valence-corrected chi connectivity index (χ4v) is 2.39. The van der Waals surface area contributed by atoms with Gasteiger partial charge >= 0.3 is 6.18 Å². The molecule has 0 fully saturated rings. The van der Waals surface area contributed by atoms with Crippen molar-refractivity contribution in [1.29, 1.82) is 0 Å². The summed E-state index contributed by atoms with van der Waals surface area (Å²) in [6.07, 6.45) is -2.88. The standard InChI is InChI=1S/C12H10F3NOS/c13-12(14,15)9-3-1-2-8(6-9)11(17)10-7-16-4-5-18-10/h1-3,6-7,16H,4-5H2. The molecule has 0 amide bonds. The fraction of sp³-hybridized carbons (Fsp3) is 0.250. The molecule has 6 heteroatoms. The maximum absolute atomic E-state index is 12.5. The van der Waals surface area contributed by atoms with E-state index in [-0.39, 0.29) is 11.3 Å². The Bertz CT molecular complexity index is 496. The van der Waals surface area contributed by atoms with Gasteiger partial charge < -0.3 is 5.32 Å². The molecule has 18 heavy (non-hydrogen) atoms. The average Bonchev–Trinajstić information content (AvgIpc) is 2.38. The van der Waals surface area contributed by atoms with Crippen molar-refractivity contribution in [1.82, 2.24) is 5.32 Å². The topological polar surface area (TPSA) is 29.1 Å². The normalized spacial score (nSPS) is 15.8. The van der Waals surface area contributed by atoms with Gasteiger partial charge in [0.05, 0.1) is 10.5 Å². The number of alkyl halides is 3. The molecule has 1 aromatic rings. The van der Waals surface area contributed by atoms with Crippen molar-refractivity contribution in [3.63, 3.8) is 0 Å². The molecule has 1 N–H and O–H groups in total. The van der Waals surface area contributed by atoms with Crippen molar-refractivity contribution >= 4 is 17.5 Å². The van der Waals surface area contributed by atoms with E-state index in [4.69, 9.17) is 0 Å². The second-order valence-electron chi connectivity index (χ2n) is 3.72. The molecular weight excluding hydrogens is 263 g/mol. The van der Waals surface area contributed by atoms with Gasteiger partial charge in [0.2, 0.25) is 5.78 Å². The highest BCUT2D eigenvalue weighted by molar-refractivity contribution is 8.04. The van der Waals surface area contributed by atoms with Gasteiger partial charge in [0.15, 0.2) is 0 Å². The van der Waals surface area contributed by atoms with Crippen LogP contribution in [0, 0.1) is 0 Å². The summed E-state index contributed by atoms with van der Waals surface area (Å²) in [5, 5.41) is 2.90. The zero-order valence-electron chi connectivity index (χ0n) is 9.25. The molecule has 0 unspecified atom stereocenters. The summed E-state index contributed by atoms with van der Waals surface area (Å²) >= 11 is 1.35. The monoisotopic (exact) mass is 273 g/mol. The quantitative estimate of drug-likeness (QED) is 0.840. The number of allylic oxidation sites excluding steroid dienone is 1. The van der Waals surface area contributed by atoms with Crippen LogP contribution in [0.5, 0.6) is 0 Å². The highest BCUT2D eigenvalue weighted by Gasteiger charge is 2.31. The number of rotatable bonds is 2. The zero-order valence-corrected chi connectivity index (χ0v) is 10.1. The number of halogens is 3. The lowest BCUT2D eigenvalue weighted by molar-refractivity contribution is -0.137. The van der Waals surface area contributed by atoms with E-state index >= 15 is 0 Å². The largest absolute Gasteiger partial charge is 0.416 e. The SMILES string of the molecule is O=C(C1=CNCCS1)c1cccc(C(F)(F)F)c1.